The largest absolute Gasteiger partial charge is 0.471 e. The van der Waals surface area contributed by atoms with Crippen LogP contribution < -0.4 is 5.32 Å². The summed E-state index contributed by atoms with van der Waals surface area (Å²) in [5.41, 5.74) is 0.290. The van der Waals surface area contributed by atoms with Crippen molar-refractivity contribution < 1.29 is 31.9 Å². The number of carbonyl (C=O) groups is 2. The van der Waals surface area contributed by atoms with Crippen LogP contribution in [-0.2, 0) is 14.3 Å². The Hall–Kier alpha value is -2.38. The second-order valence-electron chi connectivity index (χ2n) is 5.89. The van der Waals surface area contributed by atoms with Crippen LogP contribution in [0.2, 0.25) is 0 Å². The fourth-order valence-corrected chi connectivity index (χ4v) is 2.40. The maximum Gasteiger partial charge on any atom is 0.471 e. The monoisotopic (exact) mass is 389 g/mol. The molecule has 8 heteroatoms. The molecule has 1 rings (SSSR count). The molecule has 1 aromatic rings. The quantitative estimate of drug-likeness (QED) is 0.295. The summed E-state index contributed by atoms with van der Waals surface area (Å²) in [6.07, 6.45) is -1.56. The first-order chi connectivity index (χ1) is 12.7. The van der Waals surface area contributed by atoms with Crippen LogP contribution >= 0.6 is 0 Å². The van der Waals surface area contributed by atoms with Crippen LogP contribution in [0.15, 0.2) is 29.8 Å². The first-order valence-electron chi connectivity index (χ1n) is 8.71. The highest BCUT2D eigenvalue weighted by Gasteiger charge is 2.40. The average Bonchev–Trinajstić information content (AvgIpc) is 2.60. The van der Waals surface area contributed by atoms with Gasteiger partial charge in [0.05, 0.1) is 18.2 Å². The Kier molecular flexibility index (Phi) is 8.97. The van der Waals surface area contributed by atoms with E-state index in [9.17, 15) is 27.2 Å². The smallest absolute Gasteiger partial charge is 0.463 e. The van der Waals surface area contributed by atoms with Gasteiger partial charge in [-0.25, -0.2) is 9.18 Å². The number of nitrogens with one attached hydrogen (secondary N) is 1. The van der Waals surface area contributed by atoms with Crippen molar-refractivity contribution in [2.45, 2.75) is 51.7 Å². The van der Waals surface area contributed by atoms with E-state index in [-0.39, 0.29) is 18.6 Å². The lowest BCUT2D eigenvalue weighted by molar-refractivity contribution is -0.174. The van der Waals surface area contributed by atoms with Gasteiger partial charge in [0.15, 0.2) is 0 Å². The van der Waals surface area contributed by atoms with Crippen LogP contribution in [0.5, 0.6) is 0 Å². The molecule has 0 aliphatic carbocycles. The van der Waals surface area contributed by atoms with E-state index >= 15 is 0 Å². The van der Waals surface area contributed by atoms with Crippen LogP contribution in [-0.4, -0.2) is 30.7 Å². The van der Waals surface area contributed by atoms with Crippen LogP contribution in [0.25, 0.3) is 6.08 Å². The van der Waals surface area contributed by atoms with Gasteiger partial charge in [0.2, 0.25) is 0 Å². The van der Waals surface area contributed by atoms with Crippen LogP contribution in [0, 0.1) is 5.82 Å². The topological polar surface area (TPSA) is 55.4 Å². The molecule has 0 aliphatic rings. The highest BCUT2D eigenvalue weighted by atomic mass is 19.4. The van der Waals surface area contributed by atoms with E-state index in [0.717, 1.165) is 25.0 Å². The number of carbonyl (C=O) groups excluding carboxylic acids is 2. The van der Waals surface area contributed by atoms with Crippen molar-refractivity contribution >= 4 is 18.0 Å². The molecule has 0 saturated heterocycles. The Morgan fingerprint density at radius 2 is 1.78 bits per heavy atom. The molecule has 0 bridgehead atoms. The summed E-state index contributed by atoms with van der Waals surface area (Å²) in [6.45, 7) is 3.51. The minimum Gasteiger partial charge on any atom is -0.463 e. The Bertz CT molecular complexity index is 654. The van der Waals surface area contributed by atoms with E-state index in [1.54, 1.807) is 6.92 Å². The predicted molar refractivity (Wildman–Crippen MR) is 93.1 cm³/mol. The molecule has 1 aromatic carbocycles. The predicted octanol–water partition coefficient (Wildman–Crippen LogP) is 4.40. The average molecular weight is 389 g/mol. The van der Waals surface area contributed by atoms with Crippen molar-refractivity contribution in [2.75, 3.05) is 6.61 Å². The van der Waals surface area contributed by atoms with Gasteiger partial charge in [0.25, 0.3) is 0 Å². The van der Waals surface area contributed by atoms with E-state index < -0.39 is 29.9 Å². The summed E-state index contributed by atoms with van der Waals surface area (Å²) in [4.78, 5) is 23.7. The van der Waals surface area contributed by atoms with Crippen molar-refractivity contribution in [2.24, 2.45) is 0 Å². The third-order valence-corrected chi connectivity index (χ3v) is 3.74. The Labute approximate surface area is 155 Å². The fraction of sp³-hybridized carbons (Fsp3) is 0.474. The molecule has 1 N–H and O–H groups in total. The lowest BCUT2D eigenvalue weighted by Crippen LogP contribution is -2.45. The maximum atomic E-state index is 13.1. The lowest BCUT2D eigenvalue weighted by Gasteiger charge is -2.22. The molecule has 4 nitrogen and oxygen atoms in total. The number of halogens is 4. The summed E-state index contributed by atoms with van der Waals surface area (Å²) < 4.78 is 56.1. The van der Waals surface area contributed by atoms with E-state index in [1.807, 2.05) is 12.2 Å². The molecule has 0 aliphatic heterocycles. The van der Waals surface area contributed by atoms with Crippen molar-refractivity contribution in [1.29, 1.82) is 0 Å². The molecule has 0 fully saturated rings. The molecule has 0 saturated carbocycles. The normalized spacial score (nSPS) is 13.2. The number of ether oxygens (including phenoxy) is 1. The molecule has 0 spiro atoms. The van der Waals surface area contributed by atoms with Gasteiger partial charge in [-0.05, 0) is 37.1 Å². The summed E-state index contributed by atoms with van der Waals surface area (Å²) in [7, 11) is 0. The highest BCUT2D eigenvalue weighted by Crippen LogP contribution is 2.21. The third kappa shape index (κ3) is 7.80. The van der Waals surface area contributed by atoms with E-state index in [4.69, 9.17) is 4.74 Å². The summed E-state index contributed by atoms with van der Waals surface area (Å²) in [6, 6.07) is 3.91. The highest BCUT2D eigenvalue weighted by molar-refractivity contribution is 5.96. The standard InChI is InChI=1S/C19H23F4NO3/c1-3-5-6-7-16(24-18(26)19(21,22)23)15(17(25)27-4-2)12-13-8-10-14(20)11-9-13/h8-12,16H,3-7H2,1-2H3,(H,24,26)/b15-12+/t16-/m1/s1. The summed E-state index contributed by atoms with van der Waals surface area (Å²) in [5.74, 6) is -3.45. The van der Waals surface area contributed by atoms with Gasteiger partial charge in [-0.15, -0.1) is 0 Å². The molecule has 0 heterocycles. The van der Waals surface area contributed by atoms with Crippen molar-refractivity contribution in [1.82, 2.24) is 5.32 Å². The molecule has 1 atom stereocenters. The first-order valence-corrected chi connectivity index (χ1v) is 8.71. The molecular weight excluding hydrogens is 366 g/mol. The van der Waals surface area contributed by atoms with E-state index in [1.165, 1.54) is 18.2 Å². The second-order valence-corrected chi connectivity index (χ2v) is 5.89. The molecule has 0 aromatic heterocycles. The number of rotatable bonds is 9. The molecular formula is C19H23F4NO3. The minimum atomic E-state index is -5.07. The number of alkyl halides is 3. The minimum absolute atomic E-state index is 0.0223. The zero-order chi connectivity index (χ0) is 20.4. The number of unbranched alkanes of at least 4 members (excludes halogenated alkanes) is 2. The van der Waals surface area contributed by atoms with Crippen molar-refractivity contribution in [3.8, 4) is 0 Å². The second kappa shape index (κ2) is 10.7. The number of hydrogen-bond donors (Lipinski definition) is 1. The van der Waals surface area contributed by atoms with Crippen LogP contribution in [0.1, 0.15) is 45.1 Å². The molecule has 0 radical (unpaired) electrons. The number of amides is 1. The van der Waals surface area contributed by atoms with Gasteiger partial charge >= 0.3 is 18.1 Å². The summed E-state index contributed by atoms with van der Waals surface area (Å²) >= 11 is 0. The fourth-order valence-electron chi connectivity index (χ4n) is 2.40. The number of esters is 1. The molecule has 0 unspecified atom stereocenters. The van der Waals surface area contributed by atoms with Gasteiger partial charge in [-0.2, -0.15) is 13.2 Å². The SMILES string of the molecule is CCCCC[C@@H](NC(=O)C(F)(F)F)/C(=C\c1ccc(F)cc1)C(=O)OCC. The summed E-state index contributed by atoms with van der Waals surface area (Å²) in [5, 5.41) is 1.88. The van der Waals surface area contributed by atoms with E-state index in [0.29, 0.717) is 12.0 Å². The third-order valence-electron chi connectivity index (χ3n) is 3.74. The van der Waals surface area contributed by atoms with Gasteiger partial charge in [-0.3, -0.25) is 4.79 Å². The molecule has 150 valence electrons. The molecule has 27 heavy (non-hydrogen) atoms. The van der Waals surface area contributed by atoms with Gasteiger partial charge < -0.3 is 10.1 Å². The lowest BCUT2D eigenvalue weighted by atomic mass is 9.97. The van der Waals surface area contributed by atoms with Crippen LogP contribution in [0.3, 0.4) is 0 Å². The van der Waals surface area contributed by atoms with Crippen molar-refractivity contribution in [3.63, 3.8) is 0 Å². The Balaban J connectivity index is 3.23. The van der Waals surface area contributed by atoms with Gasteiger partial charge in [-0.1, -0.05) is 38.3 Å². The maximum absolute atomic E-state index is 13.1. The van der Waals surface area contributed by atoms with Gasteiger partial charge in [0, 0.05) is 0 Å². The van der Waals surface area contributed by atoms with Gasteiger partial charge in [0.1, 0.15) is 5.82 Å². The van der Waals surface area contributed by atoms with Crippen LogP contribution in [0.4, 0.5) is 17.6 Å². The van der Waals surface area contributed by atoms with Crippen molar-refractivity contribution in [3.05, 3.63) is 41.2 Å². The molecule has 1 amide bonds. The first kappa shape index (κ1) is 22.7. The number of hydrogen-bond acceptors (Lipinski definition) is 3. The zero-order valence-corrected chi connectivity index (χ0v) is 15.2. The Morgan fingerprint density at radius 1 is 1.15 bits per heavy atom. The van der Waals surface area contributed by atoms with E-state index in [2.05, 4.69) is 0 Å². The zero-order valence-electron chi connectivity index (χ0n) is 15.2. The number of benzene rings is 1. The Morgan fingerprint density at radius 3 is 2.30 bits per heavy atom.